The van der Waals surface area contributed by atoms with Crippen LogP contribution in [0.3, 0.4) is 0 Å². The molecule has 0 amide bonds. The van der Waals surface area contributed by atoms with Crippen molar-refractivity contribution in [1.29, 1.82) is 0 Å². The van der Waals surface area contributed by atoms with E-state index in [4.69, 9.17) is 0 Å². The maximum Gasteiger partial charge on any atom is 0.323 e. The van der Waals surface area contributed by atoms with Gasteiger partial charge in [-0.3, -0.25) is 4.79 Å². The van der Waals surface area contributed by atoms with E-state index >= 15 is 0 Å². The maximum atomic E-state index is 11.2. The molecule has 0 bridgehead atoms. The lowest BCUT2D eigenvalue weighted by atomic mass is 9.93. The number of aliphatic carboxylic acids is 1. The van der Waals surface area contributed by atoms with Crippen LogP contribution >= 0.6 is 0 Å². The predicted octanol–water partition coefficient (Wildman–Crippen LogP) is 0.679. The number of hydrogen-bond donors (Lipinski definition) is 2. The standard InChI is InChI=1S/C11H20N2O2/c14-10(15)11(4-3-6-12-11)5-9-13-7-1-2-8-13/h12H,1-9H2,(H,14,15). The minimum Gasteiger partial charge on any atom is -0.480 e. The second kappa shape index (κ2) is 4.49. The summed E-state index contributed by atoms with van der Waals surface area (Å²) in [6, 6.07) is 0. The second-order valence-corrected chi connectivity index (χ2v) is 4.72. The van der Waals surface area contributed by atoms with E-state index in [-0.39, 0.29) is 0 Å². The molecule has 86 valence electrons. The number of carbonyl (C=O) groups is 1. The number of likely N-dealkylation sites (tertiary alicyclic amines) is 1. The van der Waals surface area contributed by atoms with Crippen LogP contribution in [0.2, 0.25) is 0 Å². The molecule has 15 heavy (non-hydrogen) atoms. The van der Waals surface area contributed by atoms with Gasteiger partial charge in [-0.05, 0) is 51.7 Å². The molecule has 0 aromatic carbocycles. The third-order valence-electron chi connectivity index (χ3n) is 3.71. The van der Waals surface area contributed by atoms with Crippen LogP contribution in [0.1, 0.15) is 32.1 Å². The maximum absolute atomic E-state index is 11.2. The Morgan fingerprint density at radius 2 is 2.07 bits per heavy atom. The molecule has 4 heteroatoms. The van der Waals surface area contributed by atoms with Gasteiger partial charge in [0.2, 0.25) is 0 Å². The Hall–Kier alpha value is -0.610. The average molecular weight is 212 g/mol. The first kappa shape index (κ1) is 10.9. The second-order valence-electron chi connectivity index (χ2n) is 4.72. The highest BCUT2D eigenvalue weighted by atomic mass is 16.4. The summed E-state index contributed by atoms with van der Waals surface area (Å²) < 4.78 is 0. The van der Waals surface area contributed by atoms with E-state index in [1.54, 1.807) is 0 Å². The molecule has 2 saturated heterocycles. The van der Waals surface area contributed by atoms with Gasteiger partial charge in [0.25, 0.3) is 0 Å². The van der Waals surface area contributed by atoms with Crippen molar-refractivity contribution in [2.24, 2.45) is 0 Å². The zero-order chi connectivity index (χ0) is 10.7. The van der Waals surface area contributed by atoms with Gasteiger partial charge < -0.3 is 15.3 Å². The summed E-state index contributed by atoms with van der Waals surface area (Å²) in [5.74, 6) is -0.667. The molecule has 2 fully saturated rings. The molecule has 1 atom stereocenters. The van der Waals surface area contributed by atoms with Crippen LogP contribution in [0.15, 0.2) is 0 Å². The van der Waals surface area contributed by atoms with Crippen LogP contribution in [-0.4, -0.2) is 47.7 Å². The molecule has 0 aromatic rings. The average Bonchev–Trinajstić information content (AvgIpc) is 2.87. The van der Waals surface area contributed by atoms with Crippen molar-refractivity contribution in [3.05, 3.63) is 0 Å². The van der Waals surface area contributed by atoms with Gasteiger partial charge in [0.05, 0.1) is 0 Å². The highest BCUT2D eigenvalue weighted by molar-refractivity contribution is 5.79. The Labute approximate surface area is 90.6 Å². The molecule has 2 heterocycles. The van der Waals surface area contributed by atoms with Gasteiger partial charge in [0, 0.05) is 6.54 Å². The lowest BCUT2D eigenvalue weighted by molar-refractivity contribution is -0.144. The Balaban J connectivity index is 1.86. The quantitative estimate of drug-likeness (QED) is 0.719. The monoisotopic (exact) mass is 212 g/mol. The zero-order valence-electron chi connectivity index (χ0n) is 9.17. The van der Waals surface area contributed by atoms with Crippen LogP contribution in [0, 0.1) is 0 Å². The minimum absolute atomic E-state index is 0.622. The Morgan fingerprint density at radius 3 is 2.60 bits per heavy atom. The first-order chi connectivity index (χ1) is 7.23. The number of hydrogen-bond acceptors (Lipinski definition) is 3. The molecule has 0 spiro atoms. The zero-order valence-corrected chi connectivity index (χ0v) is 9.17. The molecular formula is C11H20N2O2. The summed E-state index contributed by atoms with van der Waals surface area (Å²) >= 11 is 0. The van der Waals surface area contributed by atoms with E-state index in [0.717, 1.165) is 45.4 Å². The van der Waals surface area contributed by atoms with Crippen LogP contribution in [0.4, 0.5) is 0 Å². The van der Waals surface area contributed by atoms with Crippen LogP contribution in [0.25, 0.3) is 0 Å². The molecule has 2 N–H and O–H groups in total. The van der Waals surface area contributed by atoms with Crippen LogP contribution in [-0.2, 0) is 4.79 Å². The first-order valence-corrected chi connectivity index (χ1v) is 5.94. The van der Waals surface area contributed by atoms with E-state index in [1.165, 1.54) is 12.8 Å². The number of carboxylic acids is 1. The van der Waals surface area contributed by atoms with E-state index in [9.17, 15) is 9.90 Å². The number of rotatable bonds is 4. The van der Waals surface area contributed by atoms with Gasteiger partial charge in [-0.15, -0.1) is 0 Å². The summed E-state index contributed by atoms with van der Waals surface area (Å²) in [4.78, 5) is 13.6. The van der Waals surface area contributed by atoms with Crippen molar-refractivity contribution in [1.82, 2.24) is 10.2 Å². The highest BCUT2D eigenvalue weighted by Gasteiger charge is 2.40. The molecule has 0 aromatic heterocycles. The van der Waals surface area contributed by atoms with E-state index < -0.39 is 11.5 Å². The Kier molecular flexibility index (Phi) is 3.26. The Morgan fingerprint density at radius 1 is 1.33 bits per heavy atom. The van der Waals surface area contributed by atoms with E-state index in [0.29, 0.717) is 0 Å². The molecule has 1 unspecified atom stereocenters. The van der Waals surface area contributed by atoms with Gasteiger partial charge >= 0.3 is 5.97 Å². The molecule has 0 saturated carbocycles. The molecule has 0 radical (unpaired) electrons. The fourth-order valence-corrected chi connectivity index (χ4v) is 2.66. The molecule has 2 aliphatic rings. The van der Waals surface area contributed by atoms with Gasteiger partial charge in [-0.25, -0.2) is 0 Å². The summed E-state index contributed by atoms with van der Waals surface area (Å²) in [5.41, 5.74) is -0.622. The summed E-state index contributed by atoms with van der Waals surface area (Å²) in [6.07, 6.45) is 5.08. The number of nitrogens with zero attached hydrogens (tertiary/aromatic N) is 1. The number of nitrogens with one attached hydrogen (secondary N) is 1. The summed E-state index contributed by atoms with van der Waals surface area (Å²) in [6.45, 7) is 4.08. The number of carboxylic acid groups (broad SMARTS) is 1. The highest BCUT2D eigenvalue weighted by Crippen LogP contribution is 2.24. The van der Waals surface area contributed by atoms with Crippen molar-refractivity contribution in [2.45, 2.75) is 37.6 Å². The van der Waals surface area contributed by atoms with Crippen molar-refractivity contribution in [3.8, 4) is 0 Å². The normalized spacial score (nSPS) is 32.3. The lowest BCUT2D eigenvalue weighted by Gasteiger charge is -2.27. The van der Waals surface area contributed by atoms with Crippen LogP contribution < -0.4 is 5.32 Å². The molecular weight excluding hydrogens is 192 g/mol. The van der Waals surface area contributed by atoms with E-state index in [1.807, 2.05) is 0 Å². The topological polar surface area (TPSA) is 52.6 Å². The fourth-order valence-electron chi connectivity index (χ4n) is 2.66. The minimum atomic E-state index is -0.667. The largest absolute Gasteiger partial charge is 0.480 e. The third kappa shape index (κ3) is 2.32. The molecule has 2 rings (SSSR count). The lowest BCUT2D eigenvalue weighted by Crippen LogP contribution is -2.49. The van der Waals surface area contributed by atoms with Gasteiger partial charge in [0.1, 0.15) is 5.54 Å². The van der Waals surface area contributed by atoms with Crippen molar-refractivity contribution in [3.63, 3.8) is 0 Å². The molecule has 0 aliphatic carbocycles. The van der Waals surface area contributed by atoms with Crippen molar-refractivity contribution < 1.29 is 9.90 Å². The van der Waals surface area contributed by atoms with Gasteiger partial charge in [-0.2, -0.15) is 0 Å². The SMILES string of the molecule is O=C(O)C1(CCN2CCCC2)CCCN1. The van der Waals surface area contributed by atoms with Gasteiger partial charge in [0.15, 0.2) is 0 Å². The third-order valence-corrected chi connectivity index (χ3v) is 3.71. The predicted molar refractivity (Wildman–Crippen MR) is 57.9 cm³/mol. The van der Waals surface area contributed by atoms with Gasteiger partial charge in [-0.1, -0.05) is 0 Å². The fraction of sp³-hybridized carbons (Fsp3) is 0.909. The smallest absolute Gasteiger partial charge is 0.323 e. The summed E-state index contributed by atoms with van der Waals surface area (Å²) in [7, 11) is 0. The summed E-state index contributed by atoms with van der Waals surface area (Å²) in [5, 5.41) is 12.4. The van der Waals surface area contributed by atoms with E-state index in [2.05, 4.69) is 10.2 Å². The van der Waals surface area contributed by atoms with Crippen LogP contribution in [0.5, 0.6) is 0 Å². The van der Waals surface area contributed by atoms with Crippen molar-refractivity contribution >= 4 is 5.97 Å². The molecule has 2 aliphatic heterocycles. The first-order valence-electron chi connectivity index (χ1n) is 5.94. The Bertz CT molecular complexity index is 231. The molecule has 4 nitrogen and oxygen atoms in total. The van der Waals surface area contributed by atoms with Crippen molar-refractivity contribution in [2.75, 3.05) is 26.2 Å².